The van der Waals surface area contributed by atoms with Crippen molar-refractivity contribution < 1.29 is 0 Å². The zero-order valence-electron chi connectivity index (χ0n) is 24.7. The van der Waals surface area contributed by atoms with Crippen LogP contribution in [0.5, 0.6) is 0 Å². The fourth-order valence-corrected chi connectivity index (χ4v) is 8.90. The van der Waals surface area contributed by atoms with Crippen molar-refractivity contribution in [1.29, 1.82) is 5.26 Å². The molecular weight excluding hydrogens is 595 g/mol. The lowest BCUT2D eigenvalue weighted by molar-refractivity contribution is 1.47. The maximum Gasteiger partial charge on any atom is 0.0998 e. The Bertz CT molecular complexity index is 2520. The number of hydrogen-bond donors (Lipinski definition) is 0. The molecule has 0 atom stereocenters. The summed E-state index contributed by atoms with van der Waals surface area (Å²) >= 11 is 3.68. The number of benzene rings is 7. The van der Waals surface area contributed by atoms with E-state index in [1.165, 1.54) is 40.3 Å². The first-order valence-electron chi connectivity index (χ1n) is 15.3. The Balaban J connectivity index is 1.32. The first-order valence-corrected chi connectivity index (χ1v) is 16.9. The zero-order valence-corrected chi connectivity index (χ0v) is 26.3. The number of nitriles is 1. The fourth-order valence-electron chi connectivity index (χ4n) is 6.73. The second kappa shape index (κ2) is 10.8. The van der Waals surface area contributed by atoms with E-state index in [0.29, 0.717) is 5.56 Å². The Morgan fingerprint density at radius 2 is 0.891 bits per heavy atom. The van der Waals surface area contributed by atoms with Crippen LogP contribution in [0, 0.1) is 11.3 Å². The van der Waals surface area contributed by atoms with Gasteiger partial charge in [0, 0.05) is 45.9 Å². The molecule has 0 saturated heterocycles. The Labute approximate surface area is 274 Å². The van der Waals surface area contributed by atoms with Crippen molar-refractivity contribution in [2.24, 2.45) is 0 Å². The summed E-state index contributed by atoms with van der Waals surface area (Å²) in [5.74, 6) is 0. The fraction of sp³-hybridized carbons (Fsp3) is 0. The van der Waals surface area contributed by atoms with Gasteiger partial charge in [0.2, 0.25) is 0 Å². The molecular formula is C43H25NS2. The van der Waals surface area contributed by atoms with Crippen molar-refractivity contribution >= 4 is 63.0 Å². The van der Waals surface area contributed by atoms with Crippen molar-refractivity contribution in [2.75, 3.05) is 0 Å². The highest BCUT2D eigenvalue weighted by atomic mass is 32.1. The molecule has 46 heavy (non-hydrogen) atoms. The number of hydrogen-bond acceptors (Lipinski definition) is 3. The standard InChI is InChI=1S/C43H25NS2/c44-26-30-11-8-14-34(27-9-2-1-3-10-27)43(30)33-22-31(28-17-19-41-37(24-28)35-12-4-6-15-39(35)45-41)21-32(23-33)29-18-20-42-38(25-29)36-13-5-7-16-40(36)46-42/h1-25H. The third kappa shape index (κ3) is 4.43. The molecule has 0 radical (unpaired) electrons. The van der Waals surface area contributed by atoms with Gasteiger partial charge in [-0.1, -0.05) is 91.0 Å². The molecule has 9 rings (SSSR count). The highest BCUT2D eigenvalue weighted by Crippen LogP contribution is 2.43. The average molecular weight is 620 g/mol. The van der Waals surface area contributed by atoms with Gasteiger partial charge >= 0.3 is 0 Å². The van der Waals surface area contributed by atoms with Gasteiger partial charge in [0.1, 0.15) is 0 Å². The molecule has 0 N–H and O–H groups in total. The molecule has 0 spiro atoms. The summed E-state index contributed by atoms with van der Waals surface area (Å²) in [5.41, 5.74) is 9.41. The van der Waals surface area contributed by atoms with Crippen molar-refractivity contribution in [3.63, 3.8) is 0 Å². The van der Waals surface area contributed by atoms with Gasteiger partial charge in [-0.25, -0.2) is 0 Å². The van der Waals surface area contributed by atoms with Crippen LogP contribution in [0.2, 0.25) is 0 Å². The van der Waals surface area contributed by atoms with Crippen molar-refractivity contribution in [1.82, 2.24) is 0 Å². The lowest BCUT2D eigenvalue weighted by Gasteiger charge is -2.16. The summed E-state index contributed by atoms with van der Waals surface area (Å²) in [4.78, 5) is 0. The minimum atomic E-state index is 0.669. The molecule has 7 aromatic carbocycles. The van der Waals surface area contributed by atoms with Crippen molar-refractivity contribution in [2.45, 2.75) is 0 Å². The summed E-state index contributed by atoms with van der Waals surface area (Å²) in [7, 11) is 0. The molecule has 0 saturated carbocycles. The lowest BCUT2D eigenvalue weighted by atomic mass is 9.87. The highest BCUT2D eigenvalue weighted by molar-refractivity contribution is 7.26. The largest absolute Gasteiger partial charge is 0.192 e. The van der Waals surface area contributed by atoms with Crippen LogP contribution in [0.25, 0.3) is 84.9 Å². The van der Waals surface area contributed by atoms with Crippen molar-refractivity contribution in [3.05, 3.63) is 157 Å². The van der Waals surface area contributed by atoms with E-state index in [1.54, 1.807) is 0 Å². The Morgan fingerprint density at radius 1 is 0.370 bits per heavy atom. The monoisotopic (exact) mass is 619 g/mol. The highest BCUT2D eigenvalue weighted by Gasteiger charge is 2.17. The van der Waals surface area contributed by atoms with E-state index in [1.807, 2.05) is 40.9 Å². The van der Waals surface area contributed by atoms with Gasteiger partial charge in [-0.2, -0.15) is 5.26 Å². The van der Waals surface area contributed by atoms with Crippen LogP contribution in [0.3, 0.4) is 0 Å². The van der Waals surface area contributed by atoms with Gasteiger partial charge < -0.3 is 0 Å². The maximum absolute atomic E-state index is 10.4. The van der Waals surface area contributed by atoms with E-state index in [4.69, 9.17) is 0 Å². The van der Waals surface area contributed by atoms with E-state index < -0.39 is 0 Å². The molecule has 2 heterocycles. The summed E-state index contributed by atoms with van der Waals surface area (Å²) < 4.78 is 5.18. The van der Waals surface area contributed by atoms with E-state index >= 15 is 0 Å². The predicted molar refractivity (Wildman–Crippen MR) is 199 cm³/mol. The summed E-state index contributed by atoms with van der Waals surface area (Å²) in [5, 5.41) is 15.5. The van der Waals surface area contributed by atoms with Gasteiger partial charge in [-0.15, -0.1) is 22.7 Å². The Hall–Kier alpha value is -5.53. The van der Waals surface area contributed by atoms with E-state index in [0.717, 1.165) is 44.5 Å². The SMILES string of the molecule is N#Cc1cccc(-c2ccccc2)c1-c1cc(-c2ccc3sc4ccccc4c3c2)cc(-c2ccc3sc4ccccc4c3c2)c1. The van der Waals surface area contributed by atoms with Crippen LogP contribution in [0.15, 0.2) is 152 Å². The van der Waals surface area contributed by atoms with Crippen molar-refractivity contribution in [3.8, 4) is 50.6 Å². The third-order valence-corrected chi connectivity index (χ3v) is 11.2. The first kappa shape index (κ1) is 26.8. The second-order valence-electron chi connectivity index (χ2n) is 11.6. The third-order valence-electron chi connectivity index (χ3n) is 8.91. The van der Waals surface area contributed by atoms with Gasteiger partial charge in [-0.05, 0) is 99.6 Å². The summed E-state index contributed by atoms with van der Waals surface area (Å²) in [6.07, 6.45) is 0. The summed E-state index contributed by atoms with van der Waals surface area (Å²) in [6.45, 7) is 0. The Kier molecular flexibility index (Phi) is 6.31. The van der Waals surface area contributed by atoms with Gasteiger partial charge in [0.25, 0.3) is 0 Å². The molecule has 9 aromatic rings. The predicted octanol–water partition coefficient (Wildman–Crippen LogP) is 13.0. The van der Waals surface area contributed by atoms with Gasteiger partial charge in [0.15, 0.2) is 0 Å². The number of nitrogens with zero attached hydrogens (tertiary/aromatic N) is 1. The van der Waals surface area contributed by atoms with E-state index in [2.05, 4.69) is 140 Å². The molecule has 0 aliphatic rings. The molecule has 214 valence electrons. The molecule has 3 heteroatoms. The average Bonchev–Trinajstić information content (AvgIpc) is 3.69. The molecule has 0 amide bonds. The first-order chi connectivity index (χ1) is 22.7. The smallest absolute Gasteiger partial charge is 0.0998 e. The second-order valence-corrected chi connectivity index (χ2v) is 13.8. The van der Waals surface area contributed by atoms with Crippen LogP contribution in [-0.2, 0) is 0 Å². The lowest BCUT2D eigenvalue weighted by Crippen LogP contribution is -1.92. The van der Waals surface area contributed by atoms with Gasteiger partial charge in [0.05, 0.1) is 11.6 Å². The van der Waals surface area contributed by atoms with Crippen LogP contribution in [-0.4, -0.2) is 0 Å². The molecule has 0 unspecified atom stereocenters. The zero-order chi connectivity index (χ0) is 30.6. The molecule has 0 aliphatic carbocycles. The maximum atomic E-state index is 10.4. The van der Waals surface area contributed by atoms with Gasteiger partial charge in [-0.3, -0.25) is 0 Å². The number of fused-ring (bicyclic) bond motifs is 6. The summed E-state index contributed by atoms with van der Waals surface area (Å²) in [6, 6.07) is 56.7. The van der Waals surface area contributed by atoms with E-state index in [-0.39, 0.29) is 0 Å². The molecule has 0 bridgehead atoms. The van der Waals surface area contributed by atoms with Crippen LogP contribution in [0.1, 0.15) is 5.56 Å². The molecule has 0 fully saturated rings. The minimum absolute atomic E-state index is 0.669. The minimum Gasteiger partial charge on any atom is -0.192 e. The number of rotatable bonds is 4. The van der Waals surface area contributed by atoms with E-state index in [9.17, 15) is 5.26 Å². The van der Waals surface area contributed by atoms with Crippen LogP contribution in [0.4, 0.5) is 0 Å². The molecule has 2 aromatic heterocycles. The topological polar surface area (TPSA) is 23.8 Å². The molecule has 1 nitrogen and oxygen atoms in total. The quantitative estimate of drug-likeness (QED) is 0.192. The van der Waals surface area contributed by atoms with Crippen LogP contribution < -0.4 is 0 Å². The number of thiophene rings is 2. The normalized spacial score (nSPS) is 11.5. The Morgan fingerprint density at radius 3 is 1.48 bits per heavy atom. The van der Waals surface area contributed by atoms with Crippen LogP contribution >= 0.6 is 22.7 Å². The molecule has 0 aliphatic heterocycles.